The zero-order valence-electron chi connectivity index (χ0n) is 10.3. The van der Waals surface area contributed by atoms with Gasteiger partial charge in [-0.25, -0.2) is 0 Å². The molecule has 0 saturated carbocycles. The van der Waals surface area contributed by atoms with Crippen LogP contribution < -0.4 is 5.32 Å². The number of nitrogens with one attached hydrogen (secondary N) is 1. The van der Waals surface area contributed by atoms with Crippen LogP contribution in [-0.2, 0) is 0 Å². The third kappa shape index (κ3) is 2.64. The Hall–Kier alpha value is -0.580. The van der Waals surface area contributed by atoms with Crippen LogP contribution in [0.2, 0.25) is 0 Å². The van der Waals surface area contributed by atoms with E-state index in [1.165, 1.54) is 0 Å². The molecule has 3 nitrogen and oxygen atoms in total. The average Bonchev–Trinajstić information content (AvgIpc) is 2.59. The summed E-state index contributed by atoms with van der Waals surface area (Å²) in [5, 5.41) is 13.2. The zero-order chi connectivity index (χ0) is 12.5. The lowest BCUT2D eigenvalue weighted by Gasteiger charge is -2.29. The van der Waals surface area contributed by atoms with Gasteiger partial charge >= 0.3 is 0 Å². The molecule has 17 heavy (non-hydrogen) atoms. The van der Waals surface area contributed by atoms with Crippen LogP contribution in [0.4, 0.5) is 5.69 Å². The van der Waals surface area contributed by atoms with Gasteiger partial charge in [-0.2, -0.15) is 0 Å². The largest absolute Gasteiger partial charge is 0.394 e. The maximum atomic E-state index is 9.70. The van der Waals surface area contributed by atoms with Crippen molar-refractivity contribution in [3.63, 3.8) is 0 Å². The van der Waals surface area contributed by atoms with Crippen LogP contribution in [0.5, 0.6) is 0 Å². The number of likely N-dealkylation sites (N-methyl/N-ethyl adjacent to an activating group) is 1. The average molecular weight is 299 g/mol. The first-order valence-electron chi connectivity index (χ1n) is 5.90. The summed E-state index contributed by atoms with van der Waals surface area (Å²) in [4.78, 5) is 2.28. The number of para-hydroxylation sites is 1. The Morgan fingerprint density at radius 2 is 2.24 bits per heavy atom. The van der Waals surface area contributed by atoms with Crippen molar-refractivity contribution in [1.82, 2.24) is 4.90 Å². The van der Waals surface area contributed by atoms with Gasteiger partial charge in [0.25, 0.3) is 0 Å². The Morgan fingerprint density at radius 3 is 2.76 bits per heavy atom. The summed E-state index contributed by atoms with van der Waals surface area (Å²) >= 11 is 3.53. The molecule has 0 aliphatic carbocycles. The van der Waals surface area contributed by atoms with Gasteiger partial charge in [0.1, 0.15) is 0 Å². The Morgan fingerprint density at radius 1 is 1.53 bits per heavy atom. The van der Waals surface area contributed by atoms with Crippen LogP contribution in [0.3, 0.4) is 0 Å². The first-order chi connectivity index (χ1) is 8.06. The van der Waals surface area contributed by atoms with E-state index in [4.69, 9.17) is 0 Å². The summed E-state index contributed by atoms with van der Waals surface area (Å²) in [6, 6.07) is 8.53. The van der Waals surface area contributed by atoms with Gasteiger partial charge < -0.3 is 15.3 Å². The van der Waals surface area contributed by atoms with Crippen molar-refractivity contribution in [1.29, 1.82) is 0 Å². The molecule has 2 atom stereocenters. The van der Waals surface area contributed by atoms with Crippen molar-refractivity contribution in [2.45, 2.75) is 24.9 Å². The van der Waals surface area contributed by atoms with E-state index in [1.807, 2.05) is 24.3 Å². The molecular weight excluding hydrogens is 280 g/mol. The minimum absolute atomic E-state index is 0.156. The monoisotopic (exact) mass is 298 g/mol. The molecular formula is C13H19BrN2O. The van der Waals surface area contributed by atoms with E-state index in [2.05, 4.69) is 40.1 Å². The lowest BCUT2D eigenvalue weighted by Crippen LogP contribution is -2.44. The smallest absolute Gasteiger partial charge is 0.0745 e. The van der Waals surface area contributed by atoms with Crippen molar-refractivity contribution in [3.05, 3.63) is 28.7 Å². The minimum Gasteiger partial charge on any atom is -0.394 e. The van der Waals surface area contributed by atoms with Crippen LogP contribution in [-0.4, -0.2) is 41.8 Å². The van der Waals surface area contributed by atoms with Crippen LogP contribution in [0, 0.1) is 0 Å². The Kier molecular flexibility index (Phi) is 3.76. The highest BCUT2D eigenvalue weighted by Gasteiger charge is 2.40. The molecule has 1 fully saturated rings. The minimum atomic E-state index is -0.224. The third-order valence-corrected chi connectivity index (χ3v) is 4.26. The number of anilines is 1. The Labute approximate surface area is 111 Å². The molecule has 1 aliphatic heterocycles. The molecule has 4 heteroatoms. The topological polar surface area (TPSA) is 35.5 Å². The molecule has 1 saturated heterocycles. The Balaban J connectivity index is 2.19. The maximum Gasteiger partial charge on any atom is 0.0745 e. The standard InChI is InChI=1S/C13H19BrN2O/c1-10-7-13(9-17,8-16(10)2)15-12-6-4-3-5-11(12)14/h3-6,10,15,17H,7-9H2,1-2H3. The molecule has 2 unspecified atom stereocenters. The zero-order valence-corrected chi connectivity index (χ0v) is 11.9. The second-order valence-corrected chi connectivity index (χ2v) is 5.87. The maximum absolute atomic E-state index is 9.70. The molecule has 1 aromatic rings. The molecule has 0 radical (unpaired) electrons. The van der Waals surface area contributed by atoms with Crippen molar-refractivity contribution in [2.24, 2.45) is 0 Å². The summed E-state index contributed by atoms with van der Waals surface area (Å²) in [5.41, 5.74) is 0.821. The van der Waals surface area contributed by atoms with Crippen molar-refractivity contribution < 1.29 is 5.11 Å². The molecule has 0 aromatic heterocycles. The molecule has 0 amide bonds. The second-order valence-electron chi connectivity index (χ2n) is 5.01. The fourth-order valence-electron chi connectivity index (χ4n) is 2.51. The lowest BCUT2D eigenvalue weighted by atomic mass is 9.97. The number of aliphatic hydroxyl groups is 1. The van der Waals surface area contributed by atoms with E-state index in [9.17, 15) is 5.11 Å². The number of halogens is 1. The summed E-state index contributed by atoms with van der Waals surface area (Å²) < 4.78 is 1.04. The SMILES string of the molecule is CC1CC(CO)(Nc2ccccc2Br)CN1C. The number of nitrogens with zero attached hydrogens (tertiary/aromatic N) is 1. The van der Waals surface area contributed by atoms with Crippen molar-refractivity contribution >= 4 is 21.6 Å². The lowest BCUT2D eigenvalue weighted by molar-refractivity contribution is 0.212. The van der Waals surface area contributed by atoms with Gasteiger partial charge in [-0.15, -0.1) is 0 Å². The van der Waals surface area contributed by atoms with Crippen LogP contribution in [0.15, 0.2) is 28.7 Å². The Bertz CT molecular complexity index is 387. The highest BCUT2D eigenvalue weighted by molar-refractivity contribution is 9.10. The molecule has 94 valence electrons. The highest BCUT2D eigenvalue weighted by Crippen LogP contribution is 2.32. The van der Waals surface area contributed by atoms with Crippen molar-refractivity contribution in [2.75, 3.05) is 25.5 Å². The van der Waals surface area contributed by atoms with Crippen molar-refractivity contribution in [3.8, 4) is 0 Å². The molecule has 1 heterocycles. The fourth-order valence-corrected chi connectivity index (χ4v) is 2.90. The molecule has 1 aromatic carbocycles. The van der Waals surface area contributed by atoms with Crippen LogP contribution in [0.1, 0.15) is 13.3 Å². The number of aliphatic hydroxyl groups excluding tert-OH is 1. The number of rotatable bonds is 3. The highest BCUT2D eigenvalue weighted by atomic mass is 79.9. The van der Waals surface area contributed by atoms with E-state index in [0.29, 0.717) is 6.04 Å². The van der Waals surface area contributed by atoms with E-state index in [-0.39, 0.29) is 12.1 Å². The molecule has 2 rings (SSSR count). The van der Waals surface area contributed by atoms with Crippen LogP contribution in [0.25, 0.3) is 0 Å². The summed E-state index contributed by atoms with van der Waals surface area (Å²) in [5.74, 6) is 0. The van der Waals surface area contributed by atoms with E-state index in [1.54, 1.807) is 0 Å². The van der Waals surface area contributed by atoms with Gasteiger partial charge in [0.15, 0.2) is 0 Å². The third-order valence-electron chi connectivity index (χ3n) is 3.57. The summed E-state index contributed by atoms with van der Waals surface area (Å²) in [6.45, 7) is 3.22. The number of hydrogen-bond acceptors (Lipinski definition) is 3. The van der Waals surface area contributed by atoms with Gasteiger partial charge in [0.2, 0.25) is 0 Å². The van der Waals surface area contributed by atoms with E-state index < -0.39 is 0 Å². The first-order valence-corrected chi connectivity index (χ1v) is 6.69. The van der Waals surface area contributed by atoms with Crippen LogP contribution >= 0.6 is 15.9 Å². The number of likely N-dealkylation sites (tertiary alicyclic amines) is 1. The van der Waals surface area contributed by atoms with Gasteiger partial charge in [-0.1, -0.05) is 12.1 Å². The first kappa shape index (κ1) is 12.9. The second kappa shape index (κ2) is 4.96. The molecule has 0 spiro atoms. The quantitative estimate of drug-likeness (QED) is 0.899. The van der Waals surface area contributed by atoms with E-state index >= 15 is 0 Å². The summed E-state index contributed by atoms with van der Waals surface area (Å²) in [6.07, 6.45) is 0.960. The predicted molar refractivity (Wildman–Crippen MR) is 74.3 cm³/mol. The van der Waals surface area contributed by atoms with Gasteiger partial charge in [-0.3, -0.25) is 0 Å². The fraction of sp³-hybridized carbons (Fsp3) is 0.538. The normalized spacial score (nSPS) is 29.5. The number of benzene rings is 1. The van der Waals surface area contributed by atoms with E-state index in [0.717, 1.165) is 23.1 Å². The van der Waals surface area contributed by atoms with Gasteiger partial charge in [0.05, 0.1) is 12.1 Å². The predicted octanol–water partition coefficient (Wildman–Crippen LogP) is 2.32. The van der Waals surface area contributed by atoms with Gasteiger partial charge in [0, 0.05) is 22.7 Å². The number of hydrogen-bond donors (Lipinski definition) is 2. The van der Waals surface area contributed by atoms with Gasteiger partial charge in [-0.05, 0) is 48.5 Å². The molecule has 2 N–H and O–H groups in total. The molecule has 1 aliphatic rings. The molecule has 0 bridgehead atoms. The summed E-state index contributed by atoms with van der Waals surface area (Å²) in [7, 11) is 2.10.